The van der Waals surface area contributed by atoms with E-state index in [2.05, 4.69) is 20.7 Å². The molecule has 1 aromatic carbocycles. The van der Waals surface area contributed by atoms with Gasteiger partial charge in [0, 0.05) is 24.0 Å². The number of rotatable bonds is 9. The first-order chi connectivity index (χ1) is 15.2. The first kappa shape index (κ1) is 24.1. The lowest BCUT2D eigenvalue weighted by molar-refractivity contribution is -0.134. The van der Waals surface area contributed by atoms with E-state index in [-0.39, 0.29) is 42.2 Å². The second-order valence-electron chi connectivity index (χ2n) is 7.34. The van der Waals surface area contributed by atoms with E-state index in [0.717, 1.165) is 18.6 Å². The van der Waals surface area contributed by atoms with Gasteiger partial charge in [0.2, 0.25) is 40.7 Å². The fourth-order valence-electron chi connectivity index (χ4n) is 3.51. The number of esters is 1. The summed E-state index contributed by atoms with van der Waals surface area (Å²) in [5.74, 6) is -13.8. The highest BCUT2D eigenvalue weighted by molar-refractivity contribution is 8.00. The number of halogens is 5. The molecule has 0 bridgehead atoms. The Kier molecular flexibility index (Phi) is 7.80. The number of benzene rings is 1. The number of amides is 3. The fourth-order valence-corrected chi connectivity index (χ4v) is 5.05. The molecule has 2 saturated heterocycles. The Morgan fingerprint density at radius 3 is 2.31 bits per heavy atom. The molecule has 176 valence electrons. The Bertz CT molecular complexity index is 890. The topological polar surface area (TPSA) is 96.5 Å². The number of ether oxygens (including phenoxy) is 1. The van der Waals surface area contributed by atoms with Crippen molar-refractivity contribution in [3.63, 3.8) is 0 Å². The summed E-state index contributed by atoms with van der Waals surface area (Å²) in [4.78, 5) is 34.8. The number of hydrogen-bond donors (Lipinski definition) is 3. The SMILES string of the molecule is O=C(CCCC[C@@H]1SC[C@@H]2NC(=O)N[C@@H]21)NCCC(=O)Oc1c(F)c(F)c(F)c(F)c1F. The van der Waals surface area contributed by atoms with Crippen LogP contribution in [0.2, 0.25) is 0 Å². The van der Waals surface area contributed by atoms with Crippen molar-refractivity contribution in [2.45, 2.75) is 49.4 Å². The number of unbranched alkanes of at least 4 members (excludes halogenated alkanes) is 1. The third-order valence-corrected chi connectivity index (χ3v) is 6.63. The van der Waals surface area contributed by atoms with Gasteiger partial charge in [-0.25, -0.2) is 18.0 Å². The molecule has 0 aliphatic carbocycles. The number of fused-ring (bicyclic) bond motifs is 1. The lowest BCUT2D eigenvalue weighted by Gasteiger charge is -2.16. The number of nitrogens with one attached hydrogen (secondary N) is 3. The van der Waals surface area contributed by atoms with Gasteiger partial charge in [0.05, 0.1) is 18.5 Å². The predicted octanol–water partition coefficient (Wildman–Crippen LogP) is 2.52. The number of hydrogen-bond acceptors (Lipinski definition) is 5. The van der Waals surface area contributed by atoms with Crippen molar-refractivity contribution >= 4 is 29.7 Å². The highest BCUT2D eigenvalue weighted by atomic mass is 32.2. The van der Waals surface area contributed by atoms with Crippen LogP contribution in [0.4, 0.5) is 26.7 Å². The van der Waals surface area contributed by atoms with Crippen LogP contribution in [-0.2, 0) is 9.59 Å². The quantitative estimate of drug-likeness (QED) is 0.0959. The van der Waals surface area contributed by atoms with Crippen molar-refractivity contribution in [1.29, 1.82) is 0 Å². The van der Waals surface area contributed by atoms with Crippen LogP contribution in [-0.4, -0.2) is 47.5 Å². The summed E-state index contributed by atoms with van der Waals surface area (Å²) in [6, 6.07) is 0.0545. The van der Waals surface area contributed by atoms with Crippen molar-refractivity contribution in [3.8, 4) is 5.75 Å². The zero-order valence-corrected chi connectivity index (χ0v) is 17.4. The van der Waals surface area contributed by atoms with Gasteiger partial charge in [-0.15, -0.1) is 0 Å². The van der Waals surface area contributed by atoms with Gasteiger partial charge in [-0.1, -0.05) is 6.42 Å². The molecular weight excluding hydrogens is 461 g/mol. The van der Waals surface area contributed by atoms with Gasteiger partial charge in [-0.2, -0.15) is 20.5 Å². The average molecular weight is 481 g/mol. The molecule has 0 unspecified atom stereocenters. The third-order valence-electron chi connectivity index (χ3n) is 5.12. The van der Waals surface area contributed by atoms with E-state index in [0.29, 0.717) is 6.42 Å². The van der Waals surface area contributed by atoms with Crippen LogP contribution in [0.25, 0.3) is 0 Å². The second kappa shape index (κ2) is 10.4. The molecule has 7 nitrogen and oxygen atoms in total. The largest absolute Gasteiger partial charge is 0.420 e. The molecule has 3 rings (SSSR count). The van der Waals surface area contributed by atoms with Crippen molar-refractivity contribution < 1.29 is 41.1 Å². The number of carbonyl (C=O) groups excluding carboxylic acids is 3. The number of urea groups is 1. The van der Waals surface area contributed by atoms with E-state index in [1.807, 2.05) is 0 Å². The van der Waals surface area contributed by atoms with Crippen molar-refractivity contribution in [3.05, 3.63) is 29.1 Å². The molecule has 2 fully saturated rings. The summed E-state index contributed by atoms with van der Waals surface area (Å²) in [6.45, 7) is -0.229. The van der Waals surface area contributed by atoms with E-state index in [1.54, 1.807) is 11.8 Å². The van der Waals surface area contributed by atoms with E-state index in [4.69, 9.17) is 0 Å². The molecule has 3 atom stereocenters. The molecule has 2 heterocycles. The minimum absolute atomic E-state index is 0.0880. The Morgan fingerprint density at radius 1 is 0.969 bits per heavy atom. The Morgan fingerprint density at radius 2 is 1.62 bits per heavy atom. The molecule has 0 saturated carbocycles. The summed E-state index contributed by atoms with van der Waals surface area (Å²) in [7, 11) is 0. The molecule has 1 aromatic rings. The first-order valence-corrected chi connectivity index (χ1v) is 10.9. The van der Waals surface area contributed by atoms with Gasteiger partial charge in [0.25, 0.3) is 0 Å². The summed E-state index contributed by atoms with van der Waals surface area (Å²) >= 11 is 1.77. The predicted molar refractivity (Wildman–Crippen MR) is 103 cm³/mol. The van der Waals surface area contributed by atoms with Gasteiger partial charge in [-0.05, 0) is 12.8 Å². The maximum absolute atomic E-state index is 13.5. The molecule has 13 heteroatoms. The summed E-state index contributed by atoms with van der Waals surface area (Å²) < 4.78 is 70.4. The Balaban J connectivity index is 1.33. The standard InChI is InChI=1S/C19H20F5N3O4S/c20-12-13(21)15(23)18(16(24)14(12)22)31-11(29)5-6-25-10(28)4-2-1-3-9-17-8(7-32-9)26-19(30)27-17/h8-9,17H,1-7H2,(H,25,28)(H2,26,27,30)/t8-,9-,17-/m0/s1. The minimum Gasteiger partial charge on any atom is -0.420 e. The molecule has 3 N–H and O–H groups in total. The van der Waals surface area contributed by atoms with Crippen LogP contribution >= 0.6 is 11.8 Å². The maximum Gasteiger partial charge on any atom is 0.315 e. The lowest BCUT2D eigenvalue weighted by Crippen LogP contribution is -2.36. The lowest BCUT2D eigenvalue weighted by atomic mass is 10.0. The van der Waals surface area contributed by atoms with Crippen LogP contribution in [0, 0.1) is 29.1 Å². The van der Waals surface area contributed by atoms with Gasteiger partial charge < -0.3 is 20.7 Å². The van der Waals surface area contributed by atoms with Crippen molar-refractivity contribution in [1.82, 2.24) is 16.0 Å². The van der Waals surface area contributed by atoms with Crippen molar-refractivity contribution in [2.24, 2.45) is 0 Å². The Labute approximate surface area is 183 Å². The zero-order chi connectivity index (χ0) is 23.4. The Hall–Kier alpha value is -2.57. The van der Waals surface area contributed by atoms with E-state index in [9.17, 15) is 36.3 Å². The van der Waals surface area contributed by atoms with Gasteiger partial charge in [0.1, 0.15) is 0 Å². The van der Waals surface area contributed by atoms with E-state index >= 15 is 0 Å². The van der Waals surface area contributed by atoms with Gasteiger partial charge >= 0.3 is 12.0 Å². The van der Waals surface area contributed by atoms with Crippen LogP contribution in [0.15, 0.2) is 0 Å². The smallest absolute Gasteiger partial charge is 0.315 e. The maximum atomic E-state index is 13.5. The zero-order valence-electron chi connectivity index (χ0n) is 16.6. The molecule has 0 spiro atoms. The fraction of sp³-hybridized carbons (Fsp3) is 0.526. The van der Waals surface area contributed by atoms with Crippen molar-refractivity contribution in [2.75, 3.05) is 12.3 Å². The van der Waals surface area contributed by atoms with Crippen LogP contribution in [0.3, 0.4) is 0 Å². The molecule has 2 aliphatic heterocycles. The number of carbonyl (C=O) groups is 3. The normalized spacial score (nSPS) is 21.7. The van der Waals surface area contributed by atoms with Crippen LogP contribution in [0.5, 0.6) is 5.75 Å². The average Bonchev–Trinajstić information content (AvgIpc) is 3.30. The second-order valence-corrected chi connectivity index (χ2v) is 8.61. The number of thioether (sulfide) groups is 1. The molecule has 0 aromatic heterocycles. The summed E-state index contributed by atoms with van der Waals surface area (Å²) in [5.41, 5.74) is 0. The highest BCUT2D eigenvalue weighted by Crippen LogP contribution is 2.33. The first-order valence-electron chi connectivity index (χ1n) is 9.86. The summed E-state index contributed by atoms with van der Waals surface area (Å²) in [5, 5.41) is 8.43. The molecule has 3 amide bonds. The van der Waals surface area contributed by atoms with Crippen LogP contribution < -0.4 is 20.7 Å². The van der Waals surface area contributed by atoms with E-state index in [1.165, 1.54) is 0 Å². The molecule has 2 aliphatic rings. The van der Waals surface area contributed by atoms with Gasteiger partial charge in [0.15, 0.2) is 0 Å². The molecular formula is C19H20F5N3O4S. The highest BCUT2D eigenvalue weighted by Gasteiger charge is 2.42. The van der Waals surface area contributed by atoms with Gasteiger partial charge in [-0.3, -0.25) is 9.59 Å². The van der Waals surface area contributed by atoms with E-state index < -0.39 is 47.2 Å². The molecule has 0 radical (unpaired) electrons. The van der Waals surface area contributed by atoms with Crippen LogP contribution in [0.1, 0.15) is 32.1 Å². The summed E-state index contributed by atoms with van der Waals surface area (Å²) in [6.07, 6.45) is 1.82. The third kappa shape index (κ3) is 5.43. The minimum atomic E-state index is -2.36. The molecule has 32 heavy (non-hydrogen) atoms. The monoisotopic (exact) mass is 481 g/mol.